The van der Waals surface area contributed by atoms with Crippen molar-refractivity contribution in [3.05, 3.63) is 66.0 Å². The lowest BCUT2D eigenvalue weighted by molar-refractivity contribution is 0.0630. The Morgan fingerprint density at radius 2 is 1.89 bits per heavy atom. The molecule has 0 aliphatic carbocycles. The highest BCUT2D eigenvalue weighted by Gasteiger charge is 2.28. The minimum absolute atomic E-state index is 0.0131. The predicted molar refractivity (Wildman–Crippen MR) is 70.4 cm³/mol. The fourth-order valence-electron chi connectivity index (χ4n) is 2.17. The standard InChI is InChI=1S/C15H14N2O2/c18-15(13-6-8-16-9-7-13)17-10-14(19-11-17)12-4-2-1-3-5-12/h1-9,14H,10-11H2. The van der Waals surface area contributed by atoms with Crippen LogP contribution in [-0.2, 0) is 4.74 Å². The molecule has 1 aromatic carbocycles. The third-order valence-electron chi connectivity index (χ3n) is 3.20. The largest absolute Gasteiger partial charge is 0.351 e. The van der Waals surface area contributed by atoms with Crippen molar-refractivity contribution in [3.63, 3.8) is 0 Å². The molecular formula is C15H14N2O2. The second-order valence-electron chi connectivity index (χ2n) is 4.46. The van der Waals surface area contributed by atoms with Crippen LogP contribution < -0.4 is 0 Å². The van der Waals surface area contributed by atoms with Gasteiger partial charge in [-0.1, -0.05) is 30.3 Å². The predicted octanol–water partition coefficient (Wildman–Crippen LogP) is 2.25. The van der Waals surface area contributed by atoms with E-state index >= 15 is 0 Å². The minimum atomic E-state index is -0.0352. The lowest BCUT2D eigenvalue weighted by atomic mass is 10.1. The van der Waals surface area contributed by atoms with Crippen molar-refractivity contribution in [2.24, 2.45) is 0 Å². The Labute approximate surface area is 111 Å². The van der Waals surface area contributed by atoms with Crippen molar-refractivity contribution in [3.8, 4) is 0 Å². The van der Waals surface area contributed by atoms with Crippen LogP contribution in [0.4, 0.5) is 0 Å². The van der Waals surface area contributed by atoms with E-state index in [2.05, 4.69) is 4.98 Å². The van der Waals surface area contributed by atoms with E-state index < -0.39 is 0 Å². The Hall–Kier alpha value is -2.20. The third-order valence-corrected chi connectivity index (χ3v) is 3.20. The molecule has 1 aliphatic heterocycles. The number of pyridine rings is 1. The summed E-state index contributed by atoms with van der Waals surface area (Å²) in [5.74, 6) is -0.0131. The van der Waals surface area contributed by atoms with E-state index in [0.29, 0.717) is 18.8 Å². The maximum Gasteiger partial charge on any atom is 0.255 e. The number of hydrogen-bond acceptors (Lipinski definition) is 3. The Kier molecular flexibility index (Phi) is 3.25. The number of nitrogens with zero attached hydrogens (tertiary/aromatic N) is 2. The summed E-state index contributed by atoms with van der Waals surface area (Å²) in [6.07, 6.45) is 3.21. The van der Waals surface area contributed by atoms with Gasteiger partial charge in [-0.25, -0.2) is 0 Å². The van der Waals surface area contributed by atoms with E-state index in [1.807, 2.05) is 30.3 Å². The molecule has 1 fully saturated rings. The van der Waals surface area contributed by atoms with Crippen molar-refractivity contribution >= 4 is 5.91 Å². The van der Waals surface area contributed by atoms with Gasteiger partial charge in [-0.3, -0.25) is 9.78 Å². The molecule has 1 amide bonds. The Balaban J connectivity index is 1.71. The Bertz CT molecular complexity index is 557. The number of aromatic nitrogens is 1. The smallest absolute Gasteiger partial charge is 0.255 e. The highest BCUT2D eigenvalue weighted by molar-refractivity contribution is 5.94. The van der Waals surface area contributed by atoms with E-state index in [9.17, 15) is 4.79 Å². The first-order chi connectivity index (χ1) is 9.34. The van der Waals surface area contributed by atoms with Crippen molar-refractivity contribution in [1.29, 1.82) is 0 Å². The molecule has 1 saturated heterocycles. The molecule has 2 aromatic rings. The van der Waals surface area contributed by atoms with Crippen LogP contribution >= 0.6 is 0 Å². The van der Waals surface area contributed by atoms with Crippen LogP contribution in [-0.4, -0.2) is 29.1 Å². The van der Waals surface area contributed by atoms with Gasteiger partial charge < -0.3 is 9.64 Å². The van der Waals surface area contributed by atoms with Gasteiger partial charge >= 0.3 is 0 Å². The molecule has 2 heterocycles. The van der Waals surface area contributed by atoms with Gasteiger partial charge in [0.2, 0.25) is 0 Å². The molecule has 1 atom stereocenters. The summed E-state index contributed by atoms with van der Waals surface area (Å²) in [6.45, 7) is 0.923. The van der Waals surface area contributed by atoms with Crippen molar-refractivity contribution in [2.45, 2.75) is 6.10 Å². The average Bonchev–Trinajstić information content (AvgIpc) is 2.98. The monoisotopic (exact) mass is 254 g/mol. The number of rotatable bonds is 2. The van der Waals surface area contributed by atoms with Crippen LogP contribution in [0.25, 0.3) is 0 Å². The molecule has 0 saturated carbocycles. The molecule has 96 valence electrons. The average molecular weight is 254 g/mol. The van der Waals surface area contributed by atoms with Crippen LogP contribution in [0.15, 0.2) is 54.9 Å². The minimum Gasteiger partial charge on any atom is -0.351 e. The van der Waals surface area contributed by atoms with Crippen molar-refractivity contribution < 1.29 is 9.53 Å². The number of carbonyl (C=O) groups is 1. The molecule has 1 aliphatic rings. The topological polar surface area (TPSA) is 42.4 Å². The number of carbonyl (C=O) groups excluding carboxylic acids is 1. The summed E-state index contributed by atoms with van der Waals surface area (Å²) in [5, 5.41) is 0. The van der Waals surface area contributed by atoms with Crippen LogP contribution in [0, 0.1) is 0 Å². The van der Waals surface area contributed by atoms with Crippen LogP contribution in [0.3, 0.4) is 0 Å². The molecule has 4 heteroatoms. The number of ether oxygens (including phenoxy) is 1. The van der Waals surface area contributed by atoms with Gasteiger partial charge in [-0.05, 0) is 17.7 Å². The maximum absolute atomic E-state index is 12.2. The summed E-state index contributed by atoms with van der Waals surface area (Å²) < 4.78 is 5.68. The third kappa shape index (κ3) is 2.48. The molecule has 4 nitrogen and oxygen atoms in total. The molecule has 3 rings (SSSR count). The van der Waals surface area contributed by atoms with E-state index in [-0.39, 0.29) is 12.0 Å². The highest BCUT2D eigenvalue weighted by atomic mass is 16.5. The molecule has 19 heavy (non-hydrogen) atoms. The van der Waals surface area contributed by atoms with Crippen LogP contribution in [0.2, 0.25) is 0 Å². The molecular weight excluding hydrogens is 240 g/mol. The quantitative estimate of drug-likeness (QED) is 0.825. The van der Waals surface area contributed by atoms with Crippen molar-refractivity contribution in [1.82, 2.24) is 9.88 Å². The molecule has 1 unspecified atom stereocenters. The molecule has 0 bridgehead atoms. The lowest BCUT2D eigenvalue weighted by Crippen LogP contribution is -2.28. The Morgan fingerprint density at radius 3 is 2.63 bits per heavy atom. The van der Waals surface area contributed by atoms with Gasteiger partial charge in [-0.15, -0.1) is 0 Å². The highest BCUT2D eigenvalue weighted by Crippen LogP contribution is 2.25. The molecule has 1 aromatic heterocycles. The maximum atomic E-state index is 12.2. The van der Waals surface area contributed by atoms with E-state index in [1.165, 1.54) is 0 Å². The second-order valence-corrected chi connectivity index (χ2v) is 4.46. The first-order valence-electron chi connectivity index (χ1n) is 6.20. The van der Waals surface area contributed by atoms with Gasteiger partial charge in [0.25, 0.3) is 5.91 Å². The van der Waals surface area contributed by atoms with Gasteiger partial charge in [0.05, 0.1) is 6.54 Å². The van der Waals surface area contributed by atoms with Gasteiger partial charge in [0.1, 0.15) is 12.8 Å². The Morgan fingerprint density at radius 1 is 1.16 bits per heavy atom. The second kappa shape index (κ2) is 5.20. The van der Waals surface area contributed by atoms with E-state index in [0.717, 1.165) is 5.56 Å². The summed E-state index contributed by atoms with van der Waals surface area (Å²) in [4.78, 5) is 17.9. The summed E-state index contributed by atoms with van der Waals surface area (Å²) in [5.41, 5.74) is 1.75. The zero-order valence-corrected chi connectivity index (χ0v) is 10.4. The van der Waals surface area contributed by atoms with Gasteiger partial charge in [0, 0.05) is 18.0 Å². The summed E-state index contributed by atoms with van der Waals surface area (Å²) in [7, 11) is 0. The summed E-state index contributed by atoms with van der Waals surface area (Å²) in [6, 6.07) is 13.4. The summed E-state index contributed by atoms with van der Waals surface area (Å²) >= 11 is 0. The first-order valence-corrected chi connectivity index (χ1v) is 6.20. The SMILES string of the molecule is O=C(c1ccncc1)N1COC(c2ccccc2)C1. The fraction of sp³-hybridized carbons (Fsp3) is 0.200. The van der Waals surface area contributed by atoms with Gasteiger partial charge in [0.15, 0.2) is 0 Å². The van der Waals surface area contributed by atoms with Crippen LogP contribution in [0.1, 0.15) is 22.0 Å². The van der Waals surface area contributed by atoms with E-state index in [1.54, 1.807) is 29.4 Å². The zero-order chi connectivity index (χ0) is 13.1. The number of hydrogen-bond donors (Lipinski definition) is 0. The normalized spacial score (nSPS) is 18.5. The van der Waals surface area contributed by atoms with E-state index in [4.69, 9.17) is 4.74 Å². The molecule has 0 spiro atoms. The fourth-order valence-corrected chi connectivity index (χ4v) is 2.17. The van der Waals surface area contributed by atoms with Crippen LogP contribution in [0.5, 0.6) is 0 Å². The van der Waals surface area contributed by atoms with Crippen molar-refractivity contribution in [2.75, 3.05) is 13.3 Å². The number of amides is 1. The lowest BCUT2D eigenvalue weighted by Gasteiger charge is -2.14. The first kappa shape index (κ1) is 11.9. The van der Waals surface area contributed by atoms with Gasteiger partial charge in [-0.2, -0.15) is 0 Å². The number of benzene rings is 1. The zero-order valence-electron chi connectivity index (χ0n) is 10.4. The molecule has 0 radical (unpaired) electrons. The molecule has 0 N–H and O–H groups in total.